The molecule has 0 bridgehead atoms. The quantitative estimate of drug-likeness (QED) is 0.792. The average Bonchev–Trinajstić information content (AvgIpc) is 2.74. The van der Waals surface area contributed by atoms with Gasteiger partial charge in [-0.1, -0.05) is 12.1 Å². The molecule has 2 atom stereocenters. The van der Waals surface area contributed by atoms with Crippen LogP contribution in [0, 0.1) is 12.7 Å². The molecule has 1 amide bonds. The van der Waals surface area contributed by atoms with Gasteiger partial charge in [-0.25, -0.2) is 9.18 Å². The second kappa shape index (κ2) is 5.53. The number of carbonyl (C=O) groups excluding carboxylic acids is 1. The number of aliphatic hydroxyl groups excluding tert-OH is 1. The summed E-state index contributed by atoms with van der Waals surface area (Å²) in [6, 6.07) is 2.80. The molecule has 21 heavy (non-hydrogen) atoms. The van der Waals surface area contributed by atoms with Crippen molar-refractivity contribution >= 4 is 22.8 Å². The van der Waals surface area contributed by atoms with Crippen molar-refractivity contribution < 1.29 is 28.6 Å². The number of hydrogen-bond donors (Lipinski definition) is 3. The van der Waals surface area contributed by atoms with Crippen molar-refractivity contribution in [2.75, 3.05) is 0 Å². The summed E-state index contributed by atoms with van der Waals surface area (Å²) in [7, 11) is 0. The second-order valence-corrected chi connectivity index (χ2v) is 4.70. The van der Waals surface area contributed by atoms with Crippen molar-refractivity contribution in [1.29, 1.82) is 0 Å². The zero-order valence-electron chi connectivity index (χ0n) is 11.4. The monoisotopic (exact) mass is 295 g/mol. The molecular formula is C14H14FNO5. The van der Waals surface area contributed by atoms with Crippen molar-refractivity contribution in [3.63, 3.8) is 0 Å². The number of aryl methyl sites for hydroxylation is 1. The molecule has 3 N–H and O–H groups in total. The molecule has 0 aliphatic carbocycles. The first-order valence-electron chi connectivity index (χ1n) is 6.22. The molecule has 0 unspecified atom stereocenters. The predicted molar refractivity (Wildman–Crippen MR) is 71.5 cm³/mol. The molecule has 0 saturated heterocycles. The minimum absolute atomic E-state index is 0.0657. The van der Waals surface area contributed by atoms with Gasteiger partial charge >= 0.3 is 5.97 Å². The Bertz CT molecular complexity index is 707. The fraction of sp³-hybridized carbons (Fsp3) is 0.286. The van der Waals surface area contributed by atoms with E-state index in [1.54, 1.807) is 13.0 Å². The van der Waals surface area contributed by atoms with E-state index in [1.165, 1.54) is 19.1 Å². The zero-order valence-corrected chi connectivity index (χ0v) is 11.4. The van der Waals surface area contributed by atoms with Gasteiger partial charge in [0.2, 0.25) is 0 Å². The van der Waals surface area contributed by atoms with Gasteiger partial charge in [0.15, 0.2) is 23.2 Å². The molecule has 0 spiro atoms. The standard InChI is InChI=1S/C14H14FNO5/c1-6-8-4-3-5-9(15)12(8)21-11(6)13(18)16-10(7(2)17)14(19)20/h3-5,7,10,17H,1-2H3,(H,16,18)(H,19,20)/t7-,10+/m1/s1. The molecule has 6 nitrogen and oxygen atoms in total. The predicted octanol–water partition coefficient (Wildman–Crippen LogP) is 1.44. The van der Waals surface area contributed by atoms with Crippen LogP contribution in [0.5, 0.6) is 0 Å². The van der Waals surface area contributed by atoms with Gasteiger partial charge in [-0.05, 0) is 19.9 Å². The molecule has 2 aromatic rings. The van der Waals surface area contributed by atoms with Crippen molar-refractivity contribution in [2.45, 2.75) is 26.0 Å². The summed E-state index contributed by atoms with van der Waals surface area (Å²) >= 11 is 0. The number of aliphatic carboxylic acids is 1. The third-order valence-electron chi connectivity index (χ3n) is 3.16. The Hall–Kier alpha value is -2.41. The lowest BCUT2D eigenvalue weighted by molar-refractivity contribution is -0.141. The van der Waals surface area contributed by atoms with Gasteiger partial charge in [0.25, 0.3) is 5.91 Å². The van der Waals surface area contributed by atoms with Crippen LogP contribution < -0.4 is 5.32 Å². The highest BCUT2D eigenvalue weighted by Gasteiger charge is 2.28. The molecule has 2 rings (SSSR count). The van der Waals surface area contributed by atoms with Crippen LogP contribution in [0.3, 0.4) is 0 Å². The molecule has 1 aromatic carbocycles. The largest absolute Gasteiger partial charge is 0.480 e. The van der Waals surface area contributed by atoms with Crippen molar-refractivity contribution in [2.24, 2.45) is 0 Å². The Morgan fingerprint density at radius 3 is 2.57 bits per heavy atom. The minimum Gasteiger partial charge on any atom is -0.480 e. The van der Waals surface area contributed by atoms with Gasteiger partial charge in [0.05, 0.1) is 6.10 Å². The number of carboxylic acid groups (broad SMARTS) is 1. The number of benzene rings is 1. The van der Waals surface area contributed by atoms with E-state index in [4.69, 9.17) is 9.52 Å². The minimum atomic E-state index is -1.48. The zero-order chi connectivity index (χ0) is 15.7. The Morgan fingerprint density at radius 1 is 1.38 bits per heavy atom. The van der Waals surface area contributed by atoms with Crippen LogP contribution in [0.4, 0.5) is 4.39 Å². The number of rotatable bonds is 4. The number of carboxylic acids is 1. The van der Waals surface area contributed by atoms with E-state index in [2.05, 4.69) is 5.32 Å². The second-order valence-electron chi connectivity index (χ2n) is 4.70. The number of halogens is 1. The molecule has 1 heterocycles. The summed E-state index contributed by atoms with van der Waals surface area (Å²) in [5, 5.41) is 20.9. The van der Waals surface area contributed by atoms with E-state index in [0.29, 0.717) is 10.9 Å². The summed E-state index contributed by atoms with van der Waals surface area (Å²) in [6.45, 7) is 2.81. The third-order valence-corrected chi connectivity index (χ3v) is 3.16. The number of nitrogens with one attached hydrogen (secondary N) is 1. The van der Waals surface area contributed by atoms with Gasteiger partial charge in [0, 0.05) is 10.9 Å². The van der Waals surface area contributed by atoms with E-state index in [0.717, 1.165) is 0 Å². The summed E-state index contributed by atoms with van der Waals surface area (Å²) in [6.07, 6.45) is -1.28. The summed E-state index contributed by atoms with van der Waals surface area (Å²) in [5.41, 5.74) is 0.334. The topological polar surface area (TPSA) is 99.8 Å². The number of aliphatic hydroxyl groups is 1. The fourth-order valence-corrected chi connectivity index (χ4v) is 2.02. The number of hydrogen-bond acceptors (Lipinski definition) is 4. The van der Waals surface area contributed by atoms with Crippen LogP contribution in [-0.2, 0) is 4.79 Å². The van der Waals surface area contributed by atoms with Crippen LogP contribution in [0.25, 0.3) is 11.0 Å². The van der Waals surface area contributed by atoms with Gasteiger partial charge in [0.1, 0.15) is 0 Å². The van der Waals surface area contributed by atoms with Crippen LogP contribution in [-0.4, -0.2) is 34.2 Å². The Labute approximate surface area is 119 Å². The van der Waals surface area contributed by atoms with E-state index in [-0.39, 0.29) is 11.3 Å². The SMILES string of the molecule is Cc1c(C(=O)N[C@H](C(=O)O)[C@@H](C)O)oc2c(F)cccc12. The van der Waals surface area contributed by atoms with E-state index >= 15 is 0 Å². The highest BCUT2D eigenvalue weighted by molar-refractivity contribution is 6.00. The normalized spacial score (nSPS) is 13.9. The maximum atomic E-state index is 13.6. The third kappa shape index (κ3) is 2.73. The van der Waals surface area contributed by atoms with Crippen molar-refractivity contribution in [1.82, 2.24) is 5.32 Å². The number of para-hydroxylation sites is 1. The molecule has 0 radical (unpaired) electrons. The number of furan rings is 1. The van der Waals surface area contributed by atoms with Gasteiger partial charge in [-0.2, -0.15) is 0 Å². The average molecular weight is 295 g/mol. The lowest BCUT2D eigenvalue weighted by atomic mass is 10.1. The first kappa shape index (κ1) is 15.0. The van der Waals surface area contributed by atoms with E-state index < -0.39 is 29.8 Å². The molecule has 0 aliphatic heterocycles. The highest BCUT2D eigenvalue weighted by atomic mass is 19.1. The molecule has 7 heteroatoms. The van der Waals surface area contributed by atoms with Crippen LogP contribution >= 0.6 is 0 Å². The molecule has 0 saturated carbocycles. The van der Waals surface area contributed by atoms with Crippen LogP contribution in [0.2, 0.25) is 0 Å². The van der Waals surface area contributed by atoms with Gasteiger partial charge in [-0.15, -0.1) is 0 Å². The molecule has 0 fully saturated rings. The highest BCUT2D eigenvalue weighted by Crippen LogP contribution is 2.27. The smallest absolute Gasteiger partial charge is 0.328 e. The summed E-state index contributed by atoms with van der Waals surface area (Å²) in [4.78, 5) is 23.0. The Balaban J connectivity index is 2.38. The lowest BCUT2D eigenvalue weighted by Crippen LogP contribution is -2.47. The molecule has 0 aliphatic rings. The first-order valence-corrected chi connectivity index (χ1v) is 6.22. The number of fused-ring (bicyclic) bond motifs is 1. The Morgan fingerprint density at radius 2 is 2.05 bits per heavy atom. The number of amides is 1. The van der Waals surface area contributed by atoms with E-state index in [9.17, 15) is 19.1 Å². The number of carbonyl (C=O) groups is 2. The molecule has 112 valence electrons. The van der Waals surface area contributed by atoms with Gasteiger partial charge in [-0.3, -0.25) is 4.79 Å². The molecular weight excluding hydrogens is 281 g/mol. The van der Waals surface area contributed by atoms with Crippen LogP contribution in [0.1, 0.15) is 23.0 Å². The van der Waals surface area contributed by atoms with Crippen molar-refractivity contribution in [3.8, 4) is 0 Å². The van der Waals surface area contributed by atoms with Gasteiger partial charge < -0.3 is 19.9 Å². The fourth-order valence-electron chi connectivity index (χ4n) is 2.02. The van der Waals surface area contributed by atoms with Crippen molar-refractivity contribution in [3.05, 3.63) is 35.3 Å². The Kier molecular flexibility index (Phi) is 3.95. The summed E-state index contributed by atoms with van der Waals surface area (Å²) in [5.74, 6) is -2.99. The first-order chi connectivity index (χ1) is 9.82. The van der Waals surface area contributed by atoms with Crippen LogP contribution in [0.15, 0.2) is 22.6 Å². The lowest BCUT2D eigenvalue weighted by Gasteiger charge is -2.16. The maximum absolute atomic E-state index is 13.6. The molecule has 1 aromatic heterocycles. The summed E-state index contributed by atoms with van der Waals surface area (Å²) < 4.78 is 18.8. The van der Waals surface area contributed by atoms with E-state index in [1.807, 2.05) is 0 Å². The maximum Gasteiger partial charge on any atom is 0.328 e.